The second-order valence-corrected chi connectivity index (χ2v) is 6.71. The van der Waals surface area contributed by atoms with Crippen molar-refractivity contribution in [1.82, 2.24) is 10.2 Å². The third-order valence-electron chi connectivity index (χ3n) is 5.06. The third-order valence-corrected chi connectivity index (χ3v) is 5.06. The van der Waals surface area contributed by atoms with Gasteiger partial charge in [0.2, 0.25) is 11.8 Å². The highest BCUT2D eigenvalue weighted by atomic mass is 16.5. The van der Waals surface area contributed by atoms with E-state index >= 15 is 0 Å². The lowest BCUT2D eigenvalue weighted by Gasteiger charge is -2.22. The van der Waals surface area contributed by atoms with E-state index in [1.165, 1.54) is 0 Å². The second kappa shape index (κ2) is 6.71. The maximum atomic E-state index is 12.5. The molecule has 0 radical (unpaired) electrons. The molecule has 0 aliphatic carbocycles. The first kappa shape index (κ1) is 16.6. The summed E-state index contributed by atoms with van der Waals surface area (Å²) < 4.78 is 10.5. The molecule has 2 aliphatic heterocycles. The molecule has 2 fully saturated rings. The minimum absolute atomic E-state index is 0.0317. The highest BCUT2D eigenvalue weighted by Gasteiger charge is 2.44. The standard InChI is InChI=1S/C18H24N2O4/c1-23-14-5-3-13(9-15(14)24-2)4-6-17(22)20-8-7-18(12-20)10-16(21)19-11-18/h3,5,9H,4,6-8,10-12H2,1-2H3,(H,19,21). The van der Waals surface area contributed by atoms with E-state index in [0.29, 0.717) is 43.9 Å². The largest absolute Gasteiger partial charge is 0.493 e. The Labute approximate surface area is 142 Å². The summed E-state index contributed by atoms with van der Waals surface area (Å²) in [5.41, 5.74) is 1.02. The van der Waals surface area contributed by atoms with Gasteiger partial charge in [0.15, 0.2) is 11.5 Å². The van der Waals surface area contributed by atoms with Crippen LogP contribution in [0.2, 0.25) is 0 Å². The Balaban J connectivity index is 1.55. The van der Waals surface area contributed by atoms with E-state index in [1.807, 2.05) is 23.1 Å². The second-order valence-electron chi connectivity index (χ2n) is 6.71. The normalized spacial score (nSPS) is 22.8. The summed E-state index contributed by atoms with van der Waals surface area (Å²) in [5, 5.41) is 2.89. The van der Waals surface area contributed by atoms with Gasteiger partial charge in [-0.05, 0) is 30.5 Å². The molecule has 24 heavy (non-hydrogen) atoms. The number of aryl methyl sites for hydroxylation is 1. The Morgan fingerprint density at radius 1 is 1.29 bits per heavy atom. The molecule has 0 bridgehead atoms. The highest BCUT2D eigenvalue weighted by Crippen LogP contribution is 2.36. The number of methoxy groups -OCH3 is 2. The Hall–Kier alpha value is -2.24. The van der Waals surface area contributed by atoms with Gasteiger partial charge in [-0.2, -0.15) is 0 Å². The predicted molar refractivity (Wildman–Crippen MR) is 89.1 cm³/mol. The van der Waals surface area contributed by atoms with Gasteiger partial charge in [0, 0.05) is 37.9 Å². The molecule has 0 aromatic heterocycles. The van der Waals surface area contributed by atoms with Crippen LogP contribution in [-0.4, -0.2) is 50.6 Å². The van der Waals surface area contributed by atoms with Gasteiger partial charge in [0.1, 0.15) is 0 Å². The fourth-order valence-corrected chi connectivity index (χ4v) is 3.63. The van der Waals surface area contributed by atoms with Crippen molar-refractivity contribution in [2.75, 3.05) is 33.9 Å². The number of benzene rings is 1. The van der Waals surface area contributed by atoms with Crippen LogP contribution < -0.4 is 14.8 Å². The van der Waals surface area contributed by atoms with Crippen LogP contribution in [0.3, 0.4) is 0 Å². The number of carbonyl (C=O) groups is 2. The zero-order valence-electron chi connectivity index (χ0n) is 14.3. The number of hydrogen-bond donors (Lipinski definition) is 1. The van der Waals surface area contributed by atoms with Crippen LogP contribution in [0.4, 0.5) is 0 Å². The van der Waals surface area contributed by atoms with Gasteiger partial charge < -0.3 is 19.7 Å². The summed E-state index contributed by atoms with van der Waals surface area (Å²) in [4.78, 5) is 25.9. The first-order valence-corrected chi connectivity index (χ1v) is 8.31. The molecule has 1 atom stereocenters. The molecule has 1 N–H and O–H groups in total. The number of nitrogens with one attached hydrogen (secondary N) is 1. The number of amides is 2. The van der Waals surface area contributed by atoms with Crippen LogP contribution >= 0.6 is 0 Å². The molecule has 1 unspecified atom stereocenters. The number of nitrogens with zero attached hydrogens (tertiary/aromatic N) is 1. The van der Waals surface area contributed by atoms with Gasteiger partial charge in [-0.3, -0.25) is 9.59 Å². The maximum Gasteiger partial charge on any atom is 0.222 e. The molecule has 1 spiro atoms. The van der Waals surface area contributed by atoms with Gasteiger partial charge in [-0.25, -0.2) is 0 Å². The lowest BCUT2D eigenvalue weighted by atomic mass is 9.86. The number of hydrogen-bond acceptors (Lipinski definition) is 4. The van der Waals surface area contributed by atoms with Crippen molar-refractivity contribution in [3.8, 4) is 11.5 Å². The third kappa shape index (κ3) is 3.32. The van der Waals surface area contributed by atoms with Crippen molar-refractivity contribution in [1.29, 1.82) is 0 Å². The molecular formula is C18H24N2O4. The van der Waals surface area contributed by atoms with Crippen LogP contribution in [0.1, 0.15) is 24.8 Å². The molecule has 3 rings (SSSR count). The average molecular weight is 332 g/mol. The summed E-state index contributed by atoms with van der Waals surface area (Å²) in [6.45, 7) is 2.14. The van der Waals surface area contributed by atoms with Crippen LogP contribution in [-0.2, 0) is 16.0 Å². The average Bonchev–Trinajstić information content (AvgIpc) is 3.18. The van der Waals surface area contributed by atoms with Crippen molar-refractivity contribution in [2.45, 2.75) is 25.7 Å². The fourth-order valence-electron chi connectivity index (χ4n) is 3.63. The topological polar surface area (TPSA) is 67.9 Å². The summed E-state index contributed by atoms with van der Waals surface area (Å²) in [5.74, 6) is 1.63. The summed E-state index contributed by atoms with van der Waals surface area (Å²) >= 11 is 0. The van der Waals surface area contributed by atoms with Gasteiger partial charge in [-0.1, -0.05) is 6.07 Å². The molecule has 0 saturated carbocycles. The van der Waals surface area contributed by atoms with Gasteiger partial charge in [-0.15, -0.1) is 0 Å². The summed E-state index contributed by atoms with van der Waals surface area (Å²) in [7, 11) is 3.21. The number of carbonyl (C=O) groups excluding carboxylic acids is 2. The number of rotatable bonds is 5. The van der Waals surface area contributed by atoms with Crippen LogP contribution in [0.25, 0.3) is 0 Å². The zero-order valence-corrected chi connectivity index (χ0v) is 14.3. The molecule has 1 aromatic carbocycles. The van der Waals surface area contributed by atoms with E-state index < -0.39 is 0 Å². The van der Waals surface area contributed by atoms with Gasteiger partial charge >= 0.3 is 0 Å². The molecule has 1 aromatic rings. The number of ether oxygens (including phenoxy) is 2. The molecule has 6 heteroatoms. The maximum absolute atomic E-state index is 12.5. The van der Waals surface area contributed by atoms with Crippen LogP contribution in [0.15, 0.2) is 18.2 Å². The summed E-state index contributed by atoms with van der Waals surface area (Å²) in [6, 6.07) is 5.73. The smallest absolute Gasteiger partial charge is 0.222 e. The Morgan fingerprint density at radius 3 is 2.75 bits per heavy atom. The van der Waals surface area contributed by atoms with Gasteiger partial charge in [0.05, 0.1) is 14.2 Å². The van der Waals surface area contributed by atoms with E-state index in [0.717, 1.165) is 18.5 Å². The molecular weight excluding hydrogens is 308 g/mol. The van der Waals surface area contributed by atoms with Crippen LogP contribution in [0.5, 0.6) is 11.5 Å². The Kier molecular flexibility index (Phi) is 4.64. The first-order valence-electron chi connectivity index (χ1n) is 8.31. The summed E-state index contributed by atoms with van der Waals surface area (Å²) in [6.07, 6.45) is 2.59. The quantitative estimate of drug-likeness (QED) is 0.884. The SMILES string of the molecule is COc1ccc(CCC(=O)N2CCC3(CNC(=O)C3)C2)cc1OC. The molecule has 2 heterocycles. The van der Waals surface area contributed by atoms with Gasteiger partial charge in [0.25, 0.3) is 0 Å². The minimum atomic E-state index is -0.0317. The van der Waals surface area contributed by atoms with Crippen LogP contribution in [0, 0.1) is 5.41 Å². The predicted octanol–water partition coefficient (Wildman–Crippen LogP) is 1.38. The molecule has 130 valence electrons. The lowest BCUT2D eigenvalue weighted by molar-refractivity contribution is -0.130. The number of likely N-dealkylation sites (tertiary alicyclic amines) is 1. The zero-order chi connectivity index (χ0) is 17.2. The van der Waals surface area contributed by atoms with E-state index in [2.05, 4.69) is 5.32 Å². The highest BCUT2D eigenvalue weighted by molar-refractivity contribution is 5.80. The molecule has 2 aliphatic rings. The Bertz CT molecular complexity index is 646. The van der Waals surface area contributed by atoms with Crippen molar-refractivity contribution in [2.24, 2.45) is 5.41 Å². The Morgan fingerprint density at radius 2 is 2.08 bits per heavy atom. The monoisotopic (exact) mass is 332 g/mol. The van der Waals surface area contributed by atoms with E-state index in [1.54, 1.807) is 14.2 Å². The van der Waals surface area contributed by atoms with Crippen molar-refractivity contribution >= 4 is 11.8 Å². The minimum Gasteiger partial charge on any atom is -0.493 e. The molecule has 2 saturated heterocycles. The molecule has 6 nitrogen and oxygen atoms in total. The van der Waals surface area contributed by atoms with E-state index in [9.17, 15) is 9.59 Å². The molecule has 2 amide bonds. The van der Waals surface area contributed by atoms with E-state index in [4.69, 9.17) is 9.47 Å². The van der Waals surface area contributed by atoms with Crippen molar-refractivity contribution < 1.29 is 19.1 Å². The first-order chi connectivity index (χ1) is 11.5. The van der Waals surface area contributed by atoms with Crippen molar-refractivity contribution in [3.63, 3.8) is 0 Å². The van der Waals surface area contributed by atoms with E-state index in [-0.39, 0.29) is 17.2 Å². The lowest BCUT2D eigenvalue weighted by Crippen LogP contribution is -2.33. The van der Waals surface area contributed by atoms with Crippen molar-refractivity contribution in [3.05, 3.63) is 23.8 Å². The fraction of sp³-hybridized carbons (Fsp3) is 0.556.